The topological polar surface area (TPSA) is 90.7 Å². The number of carbonyl (C=O) groups excluding carboxylic acids is 1. The third kappa shape index (κ3) is 4.73. The summed E-state index contributed by atoms with van der Waals surface area (Å²) in [5.41, 5.74) is 1.82. The van der Waals surface area contributed by atoms with Crippen LogP contribution in [-0.2, 0) is 0 Å². The van der Waals surface area contributed by atoms with E-state index in [0.717, 1.165) is 0 Å². The second-order valence-corrected chi connectivity index (χ2v) is 6.40. The van der Waals surface area contributed by atoms with E-state index < -0.39 is 5.91 Å². The number of nitrogens with one attached hydrogen (secondary N) is 2. The van der Waals surface area contributed by atoms with Crippen LogP contribution in [0.1, 0.15) is 21.9 Å². The summed E-state index contributed by atoms with van der Waals surface area (Å²) >= 11 is 11.9. The third-order valence-corrected chi connectivity index (χ3v) is 4.25. The molecule has 3 aromatic rings. The first-order valence-electron chi connectivity index (χ1n) is 7.84. The van der Waals surface area contributed by atoms with Gasteiger partial charge < -0.3 is 10.6 Å². The molecule has 134 valence electrons. The first-order valence-corrected chi connectivity index (χ1v) is 8.59. The number of halogens is 2. The predicted molar refractivity (Wildman–Crippen MR) is 106 cm³/mol. The van der Waals surface area contributed by atoms with Gasteiger partial charge in [-0.25, -0.2) is 9.97 Å². The number of aryl methyl sites for hydroxylation is 1. The molecule has 0 atom stereocenters. The monoisotopic (exact) mass is 397 g/mol. The van der Waals surface area contributed by atoms with Crippen LogP contribution in [-0.4, -0.2) is 15.9 Å². The number of anilines is 3. The summed E-state index contributed by atoms with van der Waals surface area (Å²) in [6.45, 7) is 1.69. The largest absolute Gasteiger partial charge is 0.340 e. The number of hydrogen-bond acceptors (Lipinski definition) is 5. The minimum Gasteiger partial charge on any atom is -0.340 e. The van der Waals surface area contributed by atoms with Crippen molar-refractivity contribution >= 4 is 46.3 Å². The van der Waals surface area contributed by atoms with Gasteiger partial charge in [0.25, 0.3) is 5.91 Å². The van der Waals surface area contributed by atoms with Gasteiger partial charge in [0.1, 0.15) is 17.3 Å². The highest BCUT2D eigenvalue weighted by atomic mass is 35.5. The van der Waals surface area contributed by atoms with Crippen molar-refractivity contribution in [1.82, 2.24) is 9.97 Å². The van der Waals surface area contributed by atoms with Crippen LogP contribution in [0.2, 0.25) is 10.0 Å². The zero-order valence-electron chi connectivity index (χ0n) is 14.1. The number of nitriles is 1. The van der Waals surface area contributed by atoms with E-state index in [-0.39, 0.29) is 5.69 Å². The average Bonchev–Trinajstić information content (AvgIpc) is 2.64. The molecule has 0 aliphatic heterocycles. The second-order valence-electron chi connectivity index (χ2n) is 5.59. The molecule has 1 aromatic heterocycles. The van der Waals surface area contributed by atoms with Crippen molar-refractivity contribution in [3.05, 3.63) is 75.7 Å². The summed E-state index contributed by atoms with van der Waals surface area (Å²) in [6.07, 6.45) is 0. The average molecular weight is 398 g/mol. The maximum atomic E-state index is 12.5. The highest BCUT2D eigenvalue weighted by Gasteiger charge is 2.12. The Kier molecular flexibility index (Phi) is 5.55. The summed E-state index contributed by atoms with van der Waals surface area (Å²) in [4.78, 5) is 21.0. The Labute approximate surface area is 165 Å². The molecule has 0 aliphatic carbocycles. The van der Waals surface area contributed by atoms with Gasteiger partial charge in [0.05, 0.1) is 21.7 Å². The smallest absolute Gasteiger partial charge is 0.274 e. The zero-order chi connectivity index (χ0) is 19.4. The number of benzene rings is 2. The molecule has 1 amide bonds. The van der Waals surface area contributed by atoms with E-state index in [0.29, 0.717) is 38.6 Å². The number of hydrogen-bond donors (Lipinski definition) is 2. The molecule has 0 unspecified atom stereocenters. The standard InChI is InChI=1S/C19H13Cl2N5O/c1-11-23-17(19(27)26-13-4-2-3-12(7-13)10-22)9-18(24-11)25-14-5-6-15(20)16(21)8-14/h2-9H,1H3,(H,26,27)(H,23,24,25). The molecule has 0 radical (unpaired) electrons. The summed E-state index contributed by atoms with van der Waals surface area (Å²) in [6, 6.07) is 15.3. The zero-order valence-corrected chi connectivity index (χ0v) is 15.6. The molecule has 2 N–H and O–H groups in total. The number of amides is 1. The van der Waals surface area contributed by atoms with Gasteiger partial charge in [0.2, 0.25) is 0 Å². The van der Waals surface area contributed by atoms with Crippen LogP contribution in [0, 0.1) is 18.3 Å². The Morgan fingerprint density at radius 2 is 1.85 bits per heavy atom. The fourth-order valence-electron chi connectivity index (χ4n) is 2.33. The van der Waals surface area contributed by atoms with E-state index in [9.17, 15) is 4.79 Å². The summed E-state index contributed by atoms with van der Waals surface area (Å²) < 4.78 is 0. The van der Waals surface area contributed by atoms with Crippen molar-refractivity contribution in [1.29, 1.82) is 5.26 Å². The first kappa shape index (κ1) is 18.6. The summed E-state index contributed by atoms with van der Waals surface area (Å²) in [5.74, 6) is 0.459. The van der Waals surface area contributed by atoms with Crippen molar-refractivity contribution in [3.63, 3.8) is 0 Å². The Morgan fingerprint density at radius 3 is 2.59 bits per heavy atom. The van der Waals surface area contributed by atoms with E-state index in [2.05, 4.69) is 20.6 Å². The lowest BCUT2D eigenvalue weighted by Crippen LogP contribution is -2.15. The van der Waals surface area contributed by atoms with Crippen LogP contribution in [0.25, 0.3) is 0 Å². The summed E-state index contributed by atoms with van der Waals surface area (Å²) in [7, 11) is 0. The van der Waals surface area contributed by atoms with Gasteiger partial charge in [-0.05, 0) is 43.3 Å². The molecular formula is C19H13Cl2N5O. The number of nitrogens with zero attached hydrogens (tertiary/aromatic N) is 3. The molecule has 0 aliphatic rings. The molecule has 0 saturated heterocycles. The number of carbonyl (C=O) groups is 1. The van der Waals surface area contributed by atoms with Gasteiger partial charge in [0, 0.05) is 17.4 Å². The lowest BCUT2D eigenvalue weighted by molar-refractivity contribution is 0.102. The van der Waals surface area contributed by atoms with Gasteiger partial charge in [-0.1, -0.05) is 29.3 Å². The van der Waals surface area contributed by atoms with E-state index in [1.54, 1.807) is 49.4 Å². The predicted octanol–water partition coefficient (Wildman–Crippen LogP) is 4.96. The van der Waals surface area contributed by atoms with Crippen molar-refractivity contribution in [2.75, 3.05) is 10.6 Å². The van der Waals surface area contributed by atoms with Crippen molar-refractivity contribution in [2.45, 2.75) is 6.92 Å². The fourth-order valence-corrected chi connectivity index (χ4v) is 2.63. The SMILES string of the molecule is Cc1nc(Nc2ccc(Cl)c(Cl)c2)cc(C(=O)Nc2cccc(C#N)c2)n1. The fraction of sp³-hybridized carbons (Fsp3) is 0.0526. The molecule has 3 rings (SSSR count). The van der Waals surface area contributed by atoms with Crippen LogP contribution in [0.5, 0.6) is 0 Å². The highest BCUT2D eigenvalue weighted by Crippen LogP contribution is 2.26. The first-order chi connectivity index (χ1) is 12.9. The lowest BCUT2D eigenvalue weighted by atomic mass is 10.2. The van der Waals surface area contributed by atoms with Gasteiger partial charge in [0.15, 0.2) is 0 Å². The van der Waals surface area contributed by atoms with Crippen molar-refractivity contribution in [3.8, 4) is 6.07 Å². The van der Waals surface area contributed by atoms with E-state index >= 15 is 0 Å². The molecule has 0 spiro atoms. The minimum absolute atomic E-state index is 0.187. The van der Waals surface area contributed by atoms with Gasteiger partial charge in [-0.3, -0.25) is 4.79 Å². The van der Waals surface area contributed by atoms with Crippen LogP contribution in [0.15, 0.2) is 48.5 Å². The van der Waals surface area contributed by atoms with Crippen LogP contribution in [0.4, 0.5) is 17.2 Å². The van der Waals surface area contributed by atoms with Crippen LogP contribution in [0.3, 0.4) is 0 Å². The molecule has 0 saturated carbocycles. The maximum Gasteiger partial charge on any atom is 0.274 e. The number of rotatable bonds is 4. The van der Waals surface area contributed by atoms with E-state index in [1.165, 1.54) is 6.07 Å². The second kappa shape index (κ2) is 8.04. The van der Waals surface area contributed by atoms with Crippen molar-refractivity contribution < 1.29 is 4.79 Å². The molecule has 2 aromatic carbocycles. The Bertz CT molecular complexity index is 1060. The Hall–Kier alpha value is -3.14. The molecule has 8 heteroatoms. The normalized spacial score (nSPS) is 10.1. The maximum absolute atomic E-state index is 12.5. The summed E-state index contributed by atoms with van der Waals surface area (Å²) in [5, 5.41) is 15.6. The molecule has 1 heterocycles. The van der Waals surface area contributed by atoms with E-state index in [4.69, 9.17) is 28.5 Å². The van der Waals surface area contributed by atoms with Crippen LogP contribution >= 0.6 is 23.2 Å². The molecule has 0 fully saturated rings. The van der Waals surface area contributed by atoms with E-state index in [1.807, 2.05) is 6.07 Å². The molecule has 27 heavy (non-hydrogen) atoms. The minimum atomic E-state index is -0.409. The lowest BCUT2D eigenvalue weighted by Gasteiger charge is -2.10. The van der Waals surface area contributed by atoms with Gasteiger partial charge in [-0.15, -0.1) is 0 Å². The highest BCUT2D eigenvalue weighted by molar-refractivity contribution is 6.42. The molecule has 6 nitrogen and oxygen atoms in total. The van der Waals surface area contributed by atoms with Gasteiger partial charge in [-0.2, -0.15) is 5.26 Å². The van der Waals surface area contributed by atoms with Crippen LogP contribution < -0.4 is 10.6 Å². The number of aromatic nitrogens is 2. The molecule has 0 bridgehead atoms. The Balaban J connectivity index is 1.82. The molecular weight excluding hydrogens is 385 g/mol. The quantitative estimate of drug-likeness (QED) is 0.648. The van der Waals surface area contributed by atoms with Gasteiger partial charge >= 0.3 is 0 Å². The third-order valence-electron chi connectivity index (χ3n) is 3.51. The Morgan fingerprint density at radius 1 is 1.04 bits per heavy atom. The van der Waals surface area contributed by atoms with Crippen molar-refractivity contribution in [2.24, 2.45) is 0 Å².